The normalized spacial score (nSPS) is 12.2. The number of aromatic nitrogens is 1. The summed E-state index contributed by atoms with van der Waals surface area (Å²) < 4.78 is 15.7. The van der Waals surface area contributed by atoms with E-state index in [0.29, 0.717) is 5.52 Å². The van der Waals surface area contributed by atoms with Crippen molar-refractivity contribution in [3.8, 4) is 5.75 Å². The van der Waals surface area contributed by atoms with E-state index in [1.165, 1.54) is 0 Å². The van der Waals surface area contributed by atoms with Crippen molar-refractivity contribution in [2.75, 3.05) is 20.1 Å². The van der Waals surface area contributed by atoms with Gasteiger partial charge in [0.05, 0.1) is 5.52 Å². The van der Waals surface area contributed by atoms with Crippen LogP contribution in [-0.2, 0) is 11.0 Å². The van der Waals surface area contributed by atoms with Crippen molar-refractivity contribution in [2.24, 2.45) is 0 Å². The fraction of sp³-hybridized carbons (Fsp3) is 0.385. The Morgan fingerprint density at radius 1 is 1.40 bits per heavy atom. The van der Waals surface area contributed by atoms with Gasteiger partial charge >= 0.3 is 7.82 Å². The molecule has 110 valence electrons. The summed E-state index contributed by atoms with van der Waals surface area (Å²) in [5.74, 6) is 0.172. The lowest BCUT2D eigenvalue weighted by atomic mass is 10.1. The first-order valence-corrected chi connectivity index (χ1v) is 7.96. The summed E-state index contributed by atoms with van der Waals surface area (Å²) in [6, 6.07) is 5.19. The molecule has 6 nitrogen and oxygen atoms in total. The molecule has 2 rings (SSSR count). The number of likely N-dealkylation sites (N-methyl/N-ethyl adjacent to an activating group) is 1. The van der Waals surface area contributed by atoms with E-state index in [-0.39, 0.29) is 5.75 Å². The molecule has 0 saturated carbocycles. The number of aromatic amines is 1. The van der Waals surface area contributed by atoms with Crippen molar-refractivity contribution in [1.82, 2.24) is 9.88 Å². The standard InChI is InChI=1S/C13H19N2O4P/c1-3-15(2)8-7-10-9-14-13-11(10)5-4-6-12(13)19-20(16,17)18/h4-6,9,14H,3,7-8H2,1-2H3,(H2,16,17,18). The fourth-order valence-electron chi connectivity index (χ4n) is 2.07. The second-order valence-corrected chi connectivity index (χ2v) is 5.88. The van der Waals surface area contributed by atoms with Crippen LogP contribution < -0.4 is 4.52 Å². The van der Waals surface area contributed by atoms with E-state index in [2.05, 4.69) is 23.9 Å². The highest BCUT2D eigenvalue weighted by Crippen LogP contribution is 2.40. The molecule has 1 heterocycles. The van der Waals surface area contributed by atoms with Gasteiger partial charge in [-0.05, 0) is 31.6 Å². The zero-order chi connectivity index (χ0) is 14.8. The maximum absolute atomic E-state index is 11.0. The van der Waals surface area contributed by atoms with E-state index in [1.807, 2.05) is 12.3 Å². The quantitative estimate of drug-likeness (QED) is 0.711. The number of para-hydroxylation sites is 1. The van der Waals surface area contributed by atoms with Gasteiger partial charge in [0.1, 0.15) is 0 Å². The molecule has 0 bridgehead atoms. The van der Waals surface area contributed by atoms with E-state index >= 15 is 0 Å². The molecule has 0 radical (unpaired) electrons. The minimum Gasteiger partial charge on any atom is -0.402 e. The maximum atomic E-state index is 11.0. The van der Waals surface area contributed by atoms with Crippen molar-refractivity contribution in [3.05, 3.63) is 30.0 Å². The molecule has 0 aliphatic heterocycles. The average Bonchev–Trinajstić information content (AvgIpc) is 2.78. The summed E-state index contributed by atoms with van der Waals surface area (Å²) >= 11 is 0. The number of nitrogens with one attached hydrogen (secondary N) is 1. The van der Waals surface area contributed by atoms with Gasteiger partial charge in [-0.2, -0.15) is 0 Å². The molecule has 1 aromatic carbocycles. The predicted molar refractivity (Wildman–Crippen MR) is 77.8 cm³/mol. The molecule has 0 spiro atoms. The van der Waals surface area contributed by atoms with Gasteiger partial charge in [0.25, 0.3) is 0 Å². The van der Waals surface area contributed by atoms with Crippen LogP contribution in [0.1, 0.15) is 12.5 Å². The van der Waals surface area contributed by atoms with Crippen molar-refractivity contribution in [2.45, 2.75) is 13.3 Å². The summed E-state index contributed by atoms with van der Waals surface area (Å²) in [7, 11) is -2.49. The van der Waals surface area contributed by atoms with Gasteiger partial charge in [-0.1, -0.05) is 19.1 Å². The molecule has 0 atom stereocenters. The van der Waals surface area contributed by atoms with Crippen LogP contribution in [0, 0.1) is 0 Å². The van der Waals surface area contributed by atoms with E-state index in [1.54, 1.807) is 12.1 Å². The fourth-order valence-corrected chi connectivity index (χ4v) is 2.47. The number of phosphoric acid groups is 1. The summed E-state index contributed by atoms with van der Waals surface area (Å²) in [4.78, 5) is 23.1. The molecule has 0 unspecified atom stereocenters. The molecule has 7 heteroatoms. The number of rotatable bonds is 6. The molecule has 0 aliphatic carbocycles. The van der Waals surface area contributed by atoms with Crippen LogP contribution in [0.4, 0.5) is 0 Å². The van der Waals surface area contributed by atoms with Crippen LogP contribution in [0.5, 0.6) is 5.75 Å². The number of nitrogens with zero attached hydrogens (tertiary/aromatic N) is 1. The van der Waals surface area contributed by atoms with Gasteiger partial charge in [-0.3, -0.25) is 9.79 Å². The van der Waals surface area contributed by atoms with Gasteiger partial charge in [-0.15, -0.1) is 0 Å². The minimum absolute atomic E-state index is 0.172. The van der Waals surface area contributed by atoms with E-state index in [4.69, 9.17) is 14.3 Å². The topological polar surface area (TPSA) is 85.8 Å². The van der Waals surface area contributed by atoms with Crippen LogP contribution in [0.2, 0.25) is 0 Å². The van der Waals surface area contributed by atoms with E-state index < -0.39 is 7.82 Å². The third kappa shape index (κ3) is 3.61. The molecule has 0 amide bonds. The summed E-state index contributed by atoms with van der Waals surface area (Å²) in [6.45, 7) is 4.00. The van der Waals surface area contributed by atoms with Gasteiger partial charge in [0, 0.05) is 18.1 Å². The first-order chi connectivity index (χ1) is 9.40. The highest BCUT2D eigenvalue weighted by molar-refractivity contribution is 7.46. The lowest BCUT2D eigenvalue weighted by Crippen LogP contribution is -2.20. The minimum atomic E-state index is -4.55. The van der Waals surface area contributed by atoms with Crippen LogP contribution in [0.25, 0.3) is 10.9 Å². The Bertz CT molecular complexity index is 634. The van der Waals surface area contributed by atoms with Crippen molar-refractivity contribution >= 4 is 18.7 Å². The smallest absolute Gasteiger partial charge is 0.402 e. The zero-order valence-electron chi connectivity index (χ0n) is 11.5. The molecule has 20 heavy (non-hydrogen) atoms. The average molecular weight is 298 g/mol. The van der Waals surface area contributed by atoms with Crippen molar-refractivity contribution < 1.29 is 18.9 Å². The second kappa shape index (κ2) is 5.97. The second-order valence-electron chi connectivity index (χ2n) is 4.72. The molecule has 0 saturated heterocycles. The largest absolute Gasteiger partial charge is 0.524 e. The zero-order valence-corrected chi connectivity index (χ0v) is 12.4. The SMILES string of the molecule is CCN(C)CCc1c[nH]c2c(OP(=O)(O)O)cccc12. The Balaban J connectivity index is 2.27. The number of hydrogen-bond acceptors (Lipinski definition) is 3. The molecular weight excluding hydrogens is 279 g/mol. The predicted octanol–water partition coefficient (Wildman–Crippen LogP) is 2.13. The molecule has 0 aliphatic rings. The highest BCUT2D eigenvalue weighted by atomic mass is 31.2. The molecule has 3 N–H and O–H groups in total. The Morgan fingerprint density at radius 3 is 2.80 bits per heavy atom. The number of phosphoric ester groups is 1. The van der Waals surface area contributed by atoms with Gasteiger partial charge < -0.3 is 14.4 Å². The number of fused-ring (bicyclic) bond motifs is 1. The first kappa shape index (κ1) is 15.1. The summed E-state index contributed by atoms with van der Waals surface area (Å²) in [5.41, 5.74) is 1.72. The number of H-pyrrole nitrogens is 1. The van der Waals surface area contributed by atoms with Crippen LogP contribution in [-0.4, -0.2) is 39.8 Å². The van der Waals surface area contributed by atoms with Crippen LogP contribution in [0.15, 0.2) is 24.4 Å². The van der Waals surface area contributed by atoms with E-state index in [9.17, 15) is 4.57 Å². The monoisotopic (exact) mass is 298 g/mol. The third-order valence-corrected chi connectivity index (χ3v) is 3.72. The summed E-state index contributed by atoms with van der Waals surface area (Å²) in [6.07, 6.45) is 2.73. The first-order valence-electron chi connectivity index (χ1n) is 6.43. The maximum Gasteiger partial charge on any atom is 0.524 e. The lowest BCUT2D eigenvalue weighted by molar-refractivity contribution is 0.284. The molecule has 1 aromatic heterocycles. The Labute approximate surface area is 117 Å². The lowest BCUT2D eigenvalue weighted by Gasteiger charge is -2.13. The van der Waals surface area contributed by atoms with Gasteiger partial charge in [-0.25, -0.2) is 4.57 Å². The van der Waals surface area contributed by atoms with Crippen molar-refractivity contribution in [1.29, 1.82) is 0 Å². The Hall–Kier alpha value is -1.33. The number of benzene rings is 1. The van der Waals surface area contributed by atoms with Crippen LogP contribution >= 0.6 is 7.82 Å². The summed E-state index contributed by atoms with van der Waals surface area (Å²) in [5, 5.41) is 0.931. The molecule has 0 fully saturated rings. The third-order valence-electron chi connectivity index (χ3n) is 3.28. The Morgan fingerprint density at radius 2 is 2.15 bits per heavy atom. The molecular formula is C13H19N2O4P. The van der Waals surface area contributed by atoms with Gasteiger partial charge in [0.2, 0.25) is 0 Å². The van der Waals surface area contributed by atoms with E-state index in [0.717, 1.165) is 30.5 Å². The van der Waals surface area contributed by atoms with Gasteiger partial charge in [0.15, 0.2) is 5.75 Å². The van der Waals surface area contributed by atoms with Crippen LogP contribution in [0.3, 0.4) is 0 Å². The highest BCUT2D eigenvalue weighted by Gasteiger charge is 2.18. The molecule has 2 aromatic rings. The number of hydrogen-bond donors (Lipinski definition) is 3. The Kier molecular flexibility index (Phi) is 4.50. The van der Waals surface area contributed by atoms with Crippen molar-refractivity contribution in [3.63, 3.8) is 0 Å².